The van der Waals surface area contributed by atoms with E-state index in [4.69, 9.17) is 11.6 Å². The average molecular weight is 353 g/mol. The van der Waals surface area contributed by atoms with Crippen LogP contribution < -0.4 is 23.0 Å². The molecule has 0 bridgehead atoms. The first-order valence-electron chi connectivity index (χ1n) is 7.20. The van der Waals surface area contributed by atoms with E-state index in [0.717, 1.165) is 17.7 Å². The minimum atomic E-state index is -0.0859. The number of pyridine rings is 1. The molecule has 0 aliphatic carbocycles. The molecular weight excluding hydrogens is 335 g/mol. The van der Waals surface area contributed by atoms with E-state index in [1.54, 1.807) is 15.2 Å². The number of hydrogen-bond acceptors (Lipinski definition) is 2. The van der Waals surface area contributed by atoms with Crippen LogP contribution in [0.15, 0.2) is 47.3 Å². The summed E-state index contributed by atoms with van der Waals surface area (Å²) in [6.45, 7) is 1.50. The second-order valence-corrected chi connectivity index (χ2v) is 5.93. The van der Waals surface area contributed by atoms with Crippen molar-refractivity contribution in [1.29, 1.82) is 0 Å². The Bertz CT molecular complexity index is 856. The topological polar surface area (TPSA) is 44.3 Å². The molecule has 23 heavy (non-hydrogen) atoms. The van der Waals surface area contributed by atoms with Gasteiger partial charge in [-0.2, -0.15) is 0 Å². The Labute approximate surface area is 145 Å². The second-order valence-electron chi connectivity index (χ2n) is 5.54. The zero-order valence-electron chi connectivity index (χ0n) is 13.0. The lowest BCUT2D eigenvalue weighted by atomic mass is 10.3. The zero-order valence-corrected chi connectivity index (χ0v) is 14.5. The number of benzene rings is 1. The van der Waals surface area contributed by atoms with E-state index in [9.17, 15) is 4.79 Å². The zero-order chi connectivity index (χ0) is 15.7. The molecule has 0 amide bonds. The van der Waals surface area contributed by atoms with Crippen molar-refractivity contribution in [3.63, 3.8) is 0 Å². The van der Waals surface area contributed by atoms with Crippen molar-refractivity contribution in [2.45, 2.75) is 6.54 Å². The Morgan fingerprint density at radius 1 is 1.13 bits per heavy atom. The van der Waals surface area contributed by atoms with Crippen LogP contribution in [0.2, 0.25) is 5.15 Å². The van der Waals surface area contributed by atoms with E-state index in [0.29, 0.717) is 17.3 Å². The predicted molar refractivity (Wildman–Crippen MR) is 88.0 cm³/mol. The number of hydrogen-bond donors (Lipinski definition) is 1. The van der Waals surface area contributed by atoms with Gasteiger partial charge in [0.1, 0.15) is 5.15 Å². The molecule has 1 N–H and O–H groups in total. The lowest BCUT2D eigenvalue weighted by Gasteiger charge is -2.07. The van der Waals surface area contributed by atoms with Gasteiger partial charge in [-0.05, 0) is 24.3 Å². The van der Waals surface area contributed by atoms with E-state index in [1.807, 2.05) is 36.4 Å². The molecule has 2 aromatic heterocycles. The van der Waals surface area contributed by atoms with Gasteiger partial charge in [-0.1, -0.05) is 29.8 Å². The van der Waals surface area contributed by atoms with Gasteiger partial charge in [-0.15, -0.1) is 0 Å². The second kappa shape index (κ2) is 7.17. The molecule has 3 aromatic rings. The largest absolute Gasteiger partial charge is 1.00 e. The summed E-state index contributed by atoms with van der Waals surface area (Å²) in [5.41, 5.74) is 2.11. The van der Waals surface area contributed by atoms with E-state index in [1.165, 1.54) is 4.90 Å². The average Bonchev–Trinajstić information content (AvgIpc) is 2.77. The Balaban J connectivity index is 0.00000192. The molecule has 0 aliphatic rings. The highest BCUT2D eigenvalue weighted by molar-refractivity contribution is 6.29. The number of quaternary nitrogens is 1. The molecule has 0 radical (unpaired) electrons. The summed E-state index contributed by atoms with van der Waals surface area (Å²) in [7, 11) is 4.13. The van der Waals surface area contributed by atoms with Crippen molar-refractivity contribution in [2.75, 3.05) is 20.6 Å². The third kappa shape index (κ3) is 3.42. The summed E-state index contributed by atoms with van der Waals surface area (Å²) in [6, 6.07) is 13.1. The number of nitrogens with zero attached hydrogens (tertiary/aromatic N) is 3. The number of rotatable bonds is 4. The molecule has 0 fully saturated rings. The van der Waals surface area contributed by atoms with Crippen LogP contribution >= 0.6 is 11.6 Å². The molecule has 0 saturated carbocycles. The maximum atomic E-state index is 12.8. The Morgan fingerprint density at radius 3 is 2.48 bits per heavy atom. The van der Waals surface area contributed by atoms with E-state index < -0.39 is 0 Å². The van der Waals surface area contributed by atoms with E-state index in [-0.39, 0.29) is 18.1 Å². The van der Waals surface area contributed by atoms with Gasteiger partial charge in [0, 0.05) is 0 Å². The number of fused-ring (bicyclic) bond motifs is 1. The first-order valence-corrected chi connectivity index (χ1v) is 7.58. The number of aromatic nitrogens is 3. The Hall–Kier alpha value is -1.82. The van der Waals surface area contributed by atoms with Crippen LogP contribution in [0.1, 0.15) is 0 Å². The number of imidazole rings is 1. The minimum Gasteiger partial charge on any atom is -1.00 e. The van der Waals surface area contributed by atoms with E-state index >= 15 is 0 Å². The molecule has 3 rings (SSSR count). The fraction of sp³-hybridized carbons (Fsp3) is 0.250. The Kier molecular flexibility index (Phi) is 5.46. The molecular formula is C16H18Cl2N4O. The summed E-state index contributed by atoms with van der Waals surface area (Å²) in [5, 5.41) is 0.382. The minimum absolute atomic E-state index is 0. The smallest absolute Gasteiger partial charge is 0.335 e. The molecule has 0 saturated heterocycles. The molecule has 7 heteroatoms. The normalized spacial score (nSPS) is 11.0. The van der Waals surface area contributed by atoms with Gasteiger partial charge in [0.15, 0.2) is 5.65 Å². The summed E-state index contributed by atoms with van der Waals surface area (Å²) in [4.78, 5) is 18.5. The van der Waals surface area contributed by atoms with Crippen LogP contribution in [0, 0.1) is 0 Å². The van der Waals surface area contributed by atoms with Gasteiger partial charge in [0.2, 0.25) is 0 Å². The lowest BCUT2D eigenvalue weighted by Crippen LogP contribution is -3.06. The summed E-state index contributed by atoms with van der Waals surface area (Å²) < 4.78 is 3.38. The molecule has 1 aromatic carbocycles. The maximum absolute atomic E-state index is 12.8. The van der Waals surface area contributed by atoms with Crippen LogP contribution in [-0.2, 0) is 6.54 Å². The summed E-state index contributed by atoms with van der Waals surface area (Å²) >= 11 is 6.03. The van der Waals surface area contributed by atoms with Gasteiger partial charge in [0.05, 0.1) is 38.4 Å². The fourth-order valence-electron chi connectivity index (χ4n) is 2.47. The van der Waals surface area contributed by atoms with Crippen LogP contribution in [0.5, 0.6) is 0 Å². The first-order chi connectivity index (χ1) is 10.6. The van der Waals surface area contributed by atoms with Gasteiger partial charge in [-0.3, -0.25) is 4.57 Å². The standard InChI is InChI=1S/C16H17ClN4O.ClH/c1-19(2)10-11-20-13-8-9-14(17)18-15(13)21(16(20)22)12-6-4-3-5-7-12;/h3-9H,10-11H2,1-2H3;1H. The molecule has 5 nitrogen and oxygen atoms in total. The number of nitrogens with one attached hydrogen (secondary N) is 1. The van der Waals surface area contributed by atoms with Crippen LogP contribution in [0.4, 0.5) is 0 Å². The predicted octanol–water partition coefficient (Wildman–Crippen LogP) is -2.01. The molecule has 0 atom stereocenters. The lowest BCUT2D eigenvalue weighted by molar-refractivity contribution is -0.858. The summed E-state index contributed by atoms with van der Waals surface area (Å²) in [5.74, 6) is 0. The third-order valence-electron chi connectivity index (χ3n) is 3.60. The molecule has 2 heterocycles. The first kappa shape index (κ1) is 17.5. The fourth-order valence-corrected chi connectivity index (χ4v) is 2.61. The number of para-hydroxylation sites is 1. The molecule has 122 valence electrons. The van der Waals surface area contributed by atoms with Gasteiger partial charge in [0.25, 0.3) is 0 Å². The number of halogens is 2. The molecule has 0 aliphatic heterocycles. The van der Waals surface area contributed by atoms with Gasteiger partial charge >= 0.3 is 5.69 Å². The maximum Gasteiger partial charge on any atom is 0.335 e. The monoisotopic (exact) mass is 352 g/mol. The van der Waals surface area contributed by atoms with Gasteiger partial charge in [-0.25, -0.2) is 14.3 Å². The van der Waals surface area contributed by atoms with E-state index in [2.05, 4.69) is 19.1 Å². The van der Waals surface area contributed by atoms with Crippen LogP contribution in [-0.4, -0.2) is 34.8 Å². The van der Waals surface area contributed by atoms with Crippen molar-refractivity contribution >= 4 is 22.8 Å². The number of likely N-dealkylation sites (N-methyl/N-ethyl adjacent to an activating group) is 1. The molecule has 0 spiro atoms. The quantitative estimate of drug-likeness (QED) is 0.551. The SMILES string of the molecule is C[NH+](C)CCn1c(=O)n(-c2ccccc2)c2nc(Cl)ccc21.[Cl-]. The Morgan fingerprint density at radius 2 is 1.83 bits per heavy atom. The van der Waals surface area contributed by atoms with Gasteiger partial charge < -0.3 is 17.3 Å². The third-order valence-corrected chi connectivity index (χ3v) is 3.81. The summed E-state index contributed by atoms with van der Waals surface area (Å²) in [6.07, 6.45) is 0. The molecule has 0 unspecified atom stereocenters. The van der Waals surface area contributed by atoms with Crippen molar-refractivity contribution in [2.24, 2.45) is 0 Å². The van der Waals surface area contributed by atoms with Crippen molar-refractivity contribution < 1.29 is 17.3 Å². The van der Waals surface area contributed by atoms with Crippen molar-refractivity contribution in [1.82, 2.24) is 14.1 Å². The van der Waals surface area contributed by atoms with Crippen LogP contribution in [0.25, 0.3) is 16.9 Å². The highest BCUT2D eigenvalue weighted by Gasteiger charge is 2.16. The van der Waals surface area contributed by atoms with Crippen LogP contribution in [0.3, 0.4) is 0 Å². The van der Waals surface area contributed by atoms with Crippen molar-refractivity contribution in [3.8, 4) is 5.69 Å². The van der Waals surface area contributed by atoms with Crippen molar-refractivity contribution in [3.05, 3.63) is 58.1 Å². The highest BCUT2D eigenvalue weighted by atomic mass is 35.5. The highest BCUT2D eigenvalue weighted by Crippen LogP contribution is 2.18.